The summed E-state index contributed by atoms with van der Waals surface area (Å²) in [4.78, 5) is 17.8. The van der Waals surface area contributed by atoms with Crippen LogP contribution >= 0.6 is 0 Å². The van der Waals surface area contributed by atoms with E-state index in [-0.39, 0.29) is 41.4 Å². The minimum atomic E-state index is -4.71. The van der Waals surface area contributed by atoms with Gasteiger partial charge in [-0.3, -0.25) is 4.79 Å². The Morgan fingerprint density at radius 3 is 2.37 bits per heavy atom. The fourth-order valence-corrected chi connectivity index (χ4v) is 6.73. The minimum absolute atomic E-state index is 0.0310. The number of amides is 1. The molecule has 2 heterocycles. The van der Waals surface area contributed by atoms with E-state index in [1.165, 1.54) is 23.3 Å². The summed E-state index contributed by atoms with van der Waals surface area (Å²) >= 11 is 0. The second-order valence-corrected chi connectivity index (χ2v) is 12.4. The molecule has 1 aliphatic carbocycles. The van der Waals surface area contributed by atoms with Crippen molar-refractivity contribution < 1.29 is 26.4 Å². The molecule has 2 aromatic rings. The van der Waals surface area contributed by atoms with Gasteiger partial charge >= 0.3 is 6.18 Å². The van der Waals surface area contributed by atoms with E-state index < -0.39 is 33.9 Å². The van der Waals surface area contributed by atoms with E-state index in [1.807, 2.05) is 12.1 Å². The number of nitrogens with zero attached hydrogens (tertiary/aromatic N) is 2. The first-order chi connectivity index (χ1) is 16.3. The van der Waals surface area contributed by atoms with Crippen LogP contribution in [0.1, 0.15) is 49.4 Å². The molecule has 1 aromatic carbocycles. The Hall–Kier alpha value is -2.62. The van der Waals surface area contributed by atoms with Crippen LogP contribution in [-0.2, 0) is 26.5 Å². The molecule has 10 heteroatoms. The molecule has 35 heavy (non-hydrogen) atoms. The lowest BCUT2D eigenvalue weighted by molar-refractivity contribution is -0.190. The molecule has 1 N–H and O–H groups in total. The number of halogens is 3. The normalized spacial score (nSPS) is 22.3. The molecule has 1 amide bonds. The van der Waals surface area contributed by atoms with E-state index in [2.05, 4.69) is 36.3 Å². The van der Waals surface area contributed by atoms with E-state index in [4.69, 9.17) is 0 Å². The fourth-order valence-electron chi connectivity index (χ4n) is 5.24. The smallest absolute Gasteiger partial charge is 0.366 e. The molecule has 1 aromatic heterocycles. The molecular formula is C25H30F3N3O3S. The van der Waals surface area contributed by atoms with Gasteiger partial charge in [-0.25, -0.2) is 13.4 Å². The Bertz CT molecular complexity index is 1180. The molecule has 0 spiro atoms. The molecule has 0 saturated carbocycles. The highest BCUT2D eigenvalue weighted by atomic mass is 32.2. The number of alkyl halides is 3. The van der Waals surface area contributed by atoms with Gasteiger partial charge in [-0.1, -0.05) is 44.2 Å². The summed E-state index contributed by atoms with van der Waals surface area (Å²) in [7, 11) is -2.11. The van der Waals surface area contributed by atoms with E-state index in [9.17, 15) is 26.4 Å². The molecule has 1 saturated heterocycles. The fraction of sp³-hybridized carbons (Fsp3) is 0.520. The lowest BCUT2D eigenvalue weighted by Crippen LogP contribution is -2.44. The SMILES string of the molecule is CN(C(=O)C1CCS(=O)(=O)CC1)[C@@H](c1ccc(NC2Cc3ccccc3C2(C)C)nc1)C(F)(F)F. The van der Waals surface area contributed by atoms with Gasteiger partial charge in [0.25, 0.3) is 0 Å². The zero-order chi connectivity index (χ0) is 25.6. The maximum Gasteiger partial charge on any atom is 0.413 e. The second-order valence-electron chi connectivity index (χ2n) is 10.1. The van der Waals surface area contributed by atoms with Gasteiger partial charge < -0.3 is 10.2 Å². The van der Waals surface area contributed by atoms with Crippen molar-refractivity contribution in [3.63, 3.8) is 0 Å². The molecule has 190 valence electrons. The highest BCUT2D eigenvalue weighted by Crippen LogP contribution is 2.41. The van der Waals surface area contributed by atoms with Crippen LogP contribution in [0.4, 0.5) is 19.0 Å². The Morgan fingerprint density at radius 2 is 1.80 bits per heavy atom. The largest absolute Gasteiger partial charge is 0.413 e. The number of sulfone groups is 1. The molecule has 2 aliphatic rings. The molecular weight excluding hydrogens is 479 g/mol. The quantitative estimate of drug-likeness (QED) is 0.651. The van der Waals surface area contributed by atoms with E-state index in [0.717, 1.165) is 19.7 Å². The number of rotatable bonds is 5. The standard InChI is InChI=1S/C25H30F3N3O3S/c1-24(2)19-7-5-4-6-17(19)14-20(24)30-21-9-8-18(15-29-21)22(25(26,27)28)31(3)23(32)16-10-12-35(33,34)13-11-16/h4-9,15-16,20,22H,10-14H2,1-3H3,(H,29,30)/t20?,22-/m0/s1. The van der Waals surface area contributed by atoms with Gasteiger partial charge in [-0.15, -0.1) is 0 Å². The van der Waals surface area contributed by atoms with Gasteiger partial charge in [0.1, 0.15) is 15.7 Å². The zero-order valence-corrected chi connectivity index (χ0v) is 20.8. The van der Waals surface area contributed by atoms with Gasteiger partial charge in [0, 0.05) is 36.2 Å². The van der Waals surface area contributed by atoms with Crippen molar-refractivity contribution in [1.82, 2.24) is 9.88 Å². The molecule has 0 radical (unpaired) electrons. The summed E-state index contributed by atoms with van der Waals surface area (Å²) in [6.07, 6.45) is -2.69. The molecule has 6 nitrogen and oxygen atoms in total. The number of anilines is 1. The van der Waals surface area contributed by atoms with E-state index in [0.29, 0.717) is 10.7 Å². The number of fused-ring (bicyclic) bond motifs is 1. The van der Waals surface area contributed by atoms with Crippen molar-refractivity contribution in [3.05, 3.63) is 59.3 Å². The first-order valence-electron chi connectivity index (χ1n) is 11.6. The van der Waals surface area contributed by atoms with Gasteiger partial charge in [-0.2, -0.15) is 13.2 Å². The number of aromatic nitrogens is 1. The number of carbonyl (C=O) groups excluding carboxylic acids is 1. The van der Waals surface area contributed by atoms with Gasteiger partial charge in [0.15, 0.2) is 6.04 Å². The van der Waals surface area contributed by atoms with Gasteiger partial charge in [0.05, 0.1) is 11.5 Å². The lowest BCUT2D eigenvalue weighted by atomic mass is 9.83. The zero-order valence-electron chi connectivity index (χ0n) is 20.0. The topological polar surface area (TPSA) is 79.4 Å². The average Bonchev–Trinajstić information content (AvgIpc) is 3.03. The van der Waals surface area contributed by atoms with Gasteiger partial charge in [-0.05, 0) is 36.5 Å². The van der Waals surface area contributed by atoms with Crippen LogP contribution in [0.15, 0.2) is 42.6 Å². The summed E-state index contributed by atoms with van der Waals surface area (Å²) in [5, 5.41) is 3.36. The first kappa shape index (κ1) is 25.5. The predicted octanol–water partition coefficient (Wildman–Crippen LogP) is 4.28. The van der Waals surface area contributed by atoms with E-state index >= 15 is 0 Å². The van der Waals surface area contributed by atoms with Crippen LogP contribution in [0.25, 0.3) is 0 Å². The maximum absolute atomic E-state index is 14.1. The maximum atomic E-state index is 14.1. The molecule has 1 fully saturated rings. The Labute approximate surface area is 203 Å². The van der Waals surface area contributed by atoms with Crippen molar-refractivity contribution in [3.8, 4) is 0 Å². The third-order valence-electron chi connectivity index (χ3n) is 7.38. The Kier molecular flexibility index (Phi) is 6.63. The van der Waals surface area contributed by atoms with Crippen LogP contribution < -0.4 is 5.32 Å². The number of hydrogen-bond acceptors (Lipinski definition) is 5. The summed E-state index contributed by atoms with van der Waals surface area (Å²) < 4.78 is 65.5. The average molecular weight is 510 g/mol. The molecule has 0 bridgehead atoms. The third kappa shape index (κ3) is 5.17. The highest BCUT2D eigenvalue weighted by molar-refractivity contribution is 7.91. The predicted molar refractivity (Wildman–Crippen MR) is 128 cm³/mol. The third-order valence-corrected chi connectivity index (χ3v) is 9.10. The van der Waals surface area contributed by atoms with Crippen LogP contribution in [0.3, 0.4) is 0 Å². The first-order valence-corrected chi connectivity index (χ1v) is 13.5. The van der Waals surface area contributed by atoms with Crippen LogP contribution in [0, 0.1) is 5.92 Å². The number of hydrogen-bond donors (Lipinski definition) is 1. The summed E-state index contributed by atoms with van der Waals surface area (Å²) in [5.41, 5.74) is 2.16. The van der Waals surface area contributed by atoms with Crippen molar-refractivity contribution in [2.75, 3.05) is 23.9 Å². The van der Waals surface area contributed by atoms with Crippen molar-refractivity contribution >= 4 is 21.6 Å². The number of nitrogens with one attached hydrogen (secondary N) is 1. The van der Waals surface area contributed by atoms with E-state index in [1.54, 1.807) is 0 Å². The van der Waals surface area contributed by atoms with Crippen molar-refractivity contribution in [2.45, 2.75) is 56.8 Å². The summed E-state index contributed by atoms with van der Waals surface area (Å²) in [6.45, 7) is 4.25. The number of pyridine rings is 1. The number of benzene rings is 1. The number of carbonyl (C=O) groups is 1. The van der Waals surface area contributed by atoms with Crippen LogP contribution in [-0.4, -0.2) is 55.0 Å². The monoisotopic (exact) mass is 509 g/mol. The van der Waals surface area contributed by atoms with Crippen LogP contribution in [0.2, 0.25) is 0 Å². The molecule has 4 rings (SSSR count). The molecule has 1 aliphatic heterocycles. The van der Waals surface area contributed by atoms with Crippen molar-refractivity contribution in [2.24, 2.45) is 5.92 Å². The Balaban J connectivity index is 1.50. The molecule has 1 unspecified atom stereocenters. The van der Waals surface area contributed by atoms with Gasteiger partial charge in [0.2, 0.25) is 5.91 Å². The highest BCUT2D eigenvalue weighted by Gasteiger charge is 2.47. The Morgan fingerprint density at radius 1 is 1.14 bits per heavy atom. The van der Waals surface area contributed by atoms with Crippen molar-refractivity contribution in [1.29, 1.82) is 0 Å². The summed E-state index contributed by atoms with van der Waals surface area (Å²) in [5.74, 6) is -1.34. The minimum Gasteiger partial charge on any atom is -0.366 e. The second kappa shape index (κ2) is 9.11. The lowest BCUT2D eigenvalue weighted by Gasteiger charge is -2.34. The molecule has 2 atom stereocenters. The van der Waals surface area contributed by atoms with Crippen LogP contribution in [0.5, 0.6) is 0 Å². The summed E-state index contributed by atoms with van der Waals surface area (Å²) in [6, 6.07) is 8.89.